The van der Waals surface area contributed by atoms with E-state index in [1.807, 2.05) is 12.2 Å². The molecule has 0 N–H and O–H groups in total. The van der Waals surface area contributed by atoms with Gasteiger partial charge in [0.05, 0.1) is 6.54 Å². The molecule has 5 nitrogen and oxygen atoms in total. The molecule has 1 aliphatic rings. The zero-order valence-electron chi connectivity index (χ0n) is 13.0. The van der Waals surface area contributed by atoms with Crippen molar-refractivity contribution >= 4 is 0 Å². The van der Waals surface area contributed by atoms with Crippen molar-refractivity contribution in [2.45, 2.75) is 46.7 Å². The van der Waals surface area contributed by atoms with Crippen LogP contribution in [0.2, 0.25) is 0 Å². The van der Waals surface area contributed by atoms with Gasteiger partial charge in [-0.05, 0) is 39.7 Å². The average Bonchev–Trinajstić information content (AvgIpc) is 2.58. The highest BCUT2D eigenvalue weighted by molar-refractivity contribution is 5.30. The fourth-order valence-corrected chi connectivity index (χ4v) is 2.28. The van der Waals surface area contributed by atoms with Gasteiger partial charge < -0.3 is 0 Å². The minimum Gasteiger partial charge on any atom is -0.277 e. The molecule has 1 aromatic rings. The third-order valence-corrected chi connectivity index (χ3v) is 3.50. The van der Waals surface area contributed by atoms with Crippen molar-refractivity contribution in [1.82, 2.24) is 14.1 Å². The van der Waals surface area contributed by atoms with Crippen LogP contribution < -0.4 is 11.4 Å². The number of rotatable bonds is 3. The average molecular weight is 287 g/mol. The Morgan fingerprint density at radius 2 is 1.95 bits per heavy atom. The van der Waals surface area contributed by atoms with Crippen LogP contribution in [0.4, 0.5) is 0 Å². The van der Waals surface area contributed by atoms with Crippen molar-refractivity contribution in [3.05, 3.63) is 62.2 Å². The second-order valence-electron chi connectivity index (χ2n) is 5.64. The third-order valence-electron chi connectivity index (χ3n) is 3.50. The molecular formula is C16H21N3O2. The molecule has 1 aliphatic carbocycles. The molecule has 0 saturated carbocycles. The van der Waals surface area contributed by atoms with Gasteiger partial charge >= 0.3 is 11.4 Å². The lowest BCUT2D eigenvalue weighted by molar-refractivity contribution is 0.483. The summed E-state index contributed by atoms with van der Waals surface area (Å²) in [6, 6.07) is -0.204. The molecule has 2 rings (SSSR count). The van der Waals surface area contributed by atoms with Gasteiger partial charge in [0.15, 0.2) is 0 Å². The van der Waals surface area contributed by atoms with Crippen molar-refractivity contribution < 1.29 is 0 Å². The Hall–Kier alpha value is -2.17. The molecule has 5 heteroatoms. The maximum Gasteiger partial charge on any atom is 0.353 e. The van der Waals surface area contributed by atoms with E-state index in [0.717, 1.165) is 12.0 Å². The molecule has 1 aromatic heterocycles. The van der Waals surface area contributed by atoms with Gasteiger partial charge in [-0.3, -0.25) is 4.57 Å². The standard InChI is InChI=1S/C16H21N3O2/c1-11(2)19-15(20)17-13(4)18(16(19)21)10-14-7-5-6-12(3)8-9-14/h5,7-9,11H,6,10H2,1-4H3. The summed E-state index contributed by atoms with van der Waals surface area (Å²) in [7, 11) is 0. The summed E-state index contributed by atoms with van der Waals surface area (Å²) in [5.74, 6) is 0.446. The predicted octanol–water partition coefficient (Wildman–Crippen LogP) is 2.13. The highest BCUT2D eigenvalue weighted by Crippen LogP contribution is 2.12. The van der Waals surface area contributed by atoms with Gasteiger partial charge in [0.1, 0.15) is 5.82 Å². The topological polar surface area (TPSA) is 56.9 Å². The second kappa shape index (κ2) is 6.08. The largest absolute Gasteiger partial charge is 0.353 e. The van der Waals surface area contributed by atoms with E-state index in [1.54, 1.807) is 25.3 Å². The van der Waals surface area contributed by atoms with Crippen LogP contribution in [-0.4, -0.2) is 14.1 Å². The summed E-state index contributed by atoms with van der Waals surface area (Å²) in [5.41, 5.74) is 1.51. The van der Waals surface area contributed by atoms with Crippen molar-refractivity contribution in [2.24, 2.45) is 0 Å². The van der Waals surface area contributed by atoms with Gasteiger partial charge in [-0.2, -0.15) is 4.98 Å². The van der Waals surface area contributed by atoms with Gasteiger partial charge in [0.25, 0.3) is 0 Å². The monoisotopic (exact) mass is 287 g/mol. The number of aryl methyl sites for hydroxylation is 1. The van der Waals surface area contributed by atoms with Crippen molar-refractivity contribution in [1.29, 1.82) is 0 Å². The maximum atomic E-state index is 12.5. The van der Waals surface area contributed by atoms with E-state index < -0.39 is 5.69 Å². The zero-order chi connectivity index (χ0) is 15.6. The first kappa shape index (κ1) is 15.2. The second-order valence-corrected chi connectivity index (χ2v) is 5.64. The molecule has 0 saturated heterocycles. The Morgan fingerprint density at radius 1 is 1.24 bits per heavy atom. The lowest BCUT2D eigenvalue weighted by Gasteiger charge is -2.14. The summed E-state index contributed by atoms with van der Waals surface area (Å²) >= 11 is 0. The van der Waals surface area contributed by atoms with E-state index in [0.29, 0.717) is 12.4 Å². The molecule has 1 heterocycles. The Kier molecular flexibility index (Phi) is 4.40. The van der Waals surface area contributed by atoms with E-state index >= 15 is 0 Å². The van der Waals surface area contributed by atoms with E-state index in [9.17, 15) is 9.59 Å². The molecule has 0 aromatic carbocycles. The van der Waals surface area contributed by atoms with Crippen molar-refractivity contribution in [3.63, 3.8) is 0 Å². The number of aromatic nitrogens is 3. The van der Waals surface area contributed by atoms with Gasteiger partial charge in [-0.15, -0.1) is 0 Å². The van der Waals surface area contributed by atoms with Crippen LogP contribution in [0.25, 0.3) is 0 Å². The Labute approximate surface area is 124 Å². The molecule has 0 unspecified atom stereocenters. The summed E-state index contributed by atoms with van der Waals surface area (Å²) in [6.07, 6.45) is 9.08. The smallest absolute Gasteiger partial charge is 0.277 e. The molecule has 0 aliphatic heterocycles. The van der Waals surface area contributed by atoms with E-state index in [4.69, 9.17) is 0 Å². The zero-order valence-corrected chi connectivity index (χ0v) is 13.0. The highest BCUT2D eigenvalue weighted by atomic mass is 16.2. The molecule has 0 fully saturated rings. The molecule has 112 valence electrons. The fourth-order valence-electron chi connectivity index (χ4n) is 2.28. The first-order valence-corrected chi connectivity index (χ1v) is 7.13. The summed E-state index contributed by atoms with van der Waals surface area (Å²) in [6.45, 7) is 7.80. The fraction of sp³-hybridized carbons (Fsp3) is 0.438. The van der Waals surface area contributed by atoms with Gasteiger partial charge in [-0.25, -0.2) is 14.2 Å². The molecule has 0 spiro atoms. The van der Waals surface area contributed by atoms with Crippen LogP contribution in [0.3, 0.4) is 0 Å². The normalized spacial score (nSPS) is 14.9. The lowest BCUT2D eigenvalue weighted by atomic mass is 10.2. The van der Waals surface area contributed by atoms with Crippen LogP contribution in [0, 0.1) is 6.92 Å². The van der Waals surface area contributed by atoms with E-state index in [2.05, 4.69) is 24.1 Å². The van der Waals surface area contributed by atoms with Gasteiger partial charge in [-0.1, -0.05) is 29.9 Å². The molecule has 0 amide bonds. The minimum absolute atomic E-state index is 0.204. The molecule has 0 radical (unpaired) electrons. The Morgan fingerprint density at radius 3 is 2.62 bits per heavy atom. The van der Waals surface area contributed by atoms with Gasteiger partial charge in [0.2, 0.25) is 0 Å². The molecular weight excluding hydrogens is 266 g/mol. The van der Waals surface area contributed by atoms with E-state index in [-0.39, 0.29) is 11.7 Å². The Bertz CT molecular complexity index is 746. The molecule has 0 atom stereocenters. The van der Waals surface area contributed by atoms with Crippen LogP contribution in [-0.2, 0) is 6.54 Å². The van der Waals surface area contributed by atoms with Crippen molar-refractivity contribution in [2.75, 3.05) is 0 Å². The quantitative estimate of drug-likeness (QED) is 0.855. The molecule has 21 heavy (non-hydrogen) atoms. The lowest BCUT2D eigenvalue weighted by Crippen LogP contribution is -2.43. The number of nitrogens with zero attached hydrogens (tertiary/aromatic N) is 3. The number of allylic oxidation sites excluding steroid dienone is 6. The first-order chi connectivity index (χ1) is 9.90. The highest BCUT2D eigenvalue weighted by Gasteiger charge is 2.13. The van der Waals surface area contributed by atoms with Crippen LogP contribution >= 0.6 is 0 Å². The minimum atomic E-state index is -0.482. The summed E-state index contributed by atoms with van der Waals surface area (Å²) in [5, 5.41) is 0. The first-order valence-electron chi connectivity index (χ1n) is 7.13. The molecule has 0 bridgehead atoms. The predicted molar refractivity (Wildman–Crippen MR) is 83.5 cm³/mol. The van der Waals surface area contributed by atoms with Crippen LogP contribution in [0.1, 0.15) is 39.1 Å². The SMILES string of the molecule is CC1=CC=C(Cn2c(C)nc(=O)n(C(C)C)c2=O)C=CC1. The van der Waals surface area contributed by atoms with Crippen LogP contribution in [0.5, 0.6) is 0 Å². The van der Waals surface area contributed by atoms with Gasteiger partial charge in [0, 0.05) is 6.04 Å². The van der Waals surface area contributed by atoms with Crippen LogP contribution in [0.15, 0.2) is 45.0 Å². The summed E-state index contributed by atoms with van der Waals surface area (Å²) in [4.78, 5) is 28.3. The number of hydrogen-bond donors (Lipinski definition) is 0. The third kappa shape index (κ3) is 3.29. The van der Waals surface area contributed by atoms with E-state index in [1.165, 1.54) is 10.1 Å². The van der Waals surface area contributed by atoms with Crippen molar-refractivity contribution in [3.8, 4) is 0 Å². The number of hydrogen-bond acceptors (Lipinski definition) is 3. The summed E-state index contributed by atoms with van der Waals surface area (Å²) < 4.78 is 2.74. The Balaban J connectivity index is 2.48. The maximum absolute atomic E-state index is 12.5.